The van der Waals surface area contributed by atoms with E-state index in [1.807, 2.05) is 31.2 Å². The second kappa shape index (κ2) is 8.47. The fourth-order valence-electron chi connectivity index (χ4n) is 3.25. The lowest BCUT2D eigenvalue weighted by molar-refractivity contribution is -0.151. The minimum atomic E-state index is -0.164. The van der Waals surface area contributed by atoms with Crippen molar-refractivity contribution in [2.24, 2.45) is 5.92 Å². The molecule has 0 atom stereocenters. The maximum atomic E-state index is 12.8. The highest BCUT2D eigenvalue weighted by Gasteiger charge is 2.28. The second-order valence-electron chi connectivity index (χ2n) is 6.71. The smallest absolute Gasteiger partial charge is 0.309 e. The van der Waals surface area contributed by atoms with E-state index in [2.05, 4.69) is 10.2 Å². The molecule has 1 aliphatic rings. The molecule has 1 aromatic carbocycles. The predicted molar refractivity (Wildman–Crippen MR) is 104 cm³/mol. The zero-order valence-electron chi connectivity index (χ0n) is 15.6. The number of H-pyrrole nitrogens is 1. The van der Waals surface area contributed by atoms with E-state index < -0.39 is 0 Å². The summed E-state index contributed by atoms with van der Waals surface area (Å²) in [5, 5.41) is 7.06. The van der Waals surface area contributed by atoms with Crippen LogP contribution in [-0.2, 0) is 20.9 Å². The minimum Gasteiger partial charge on any atom is -0.466 e. The molecule has 1 fully saturated rings. The maximum absolute atomic E-state index is 12.8. The van der Waals surface area contributed by atoms with Gasteiger partial charge < -0.3 is 9.64 Å². The number of carbonyl (C=O) groups is 2. The number of aryl methyl sites for hydroxylation is 1. The van der Waals surface area contributed by atoms with Gasteiger partial charge in [-0.15, -0.1) is 0 Å². The molecule has 0 spiro atoms. The van der Waals surface area contributed by atoms with Crippen LogP contribution >= 0.6 is 12.2 Å². The number of likely N-dealkylation sites (tertiary alicyclic amines) is 1. The molecule has 0 bridgehead atoms. The van der Waals surface area contributed by atoms with Crippen molar-refractivity contribution < 1.29 is 14.3 Å². The van der Waals surface area contributed by atoms with Crippen LogP contribution in [0.4, 0.5) is 0 Å². The Bertz CT molecular complexity index is 864. The number of benzene rings is 1. The van der Waals surface area contributed by atoms with Crippen LogP contribution in [0.2, 0.25) is 0 Å². The van der Waals surface area contributed by atoms with Crippen LogP contribution in [-0.4, -0.2) is 51.2 Å². The maximum Gasteiger partial charge on any atom is 0.309 e. The van der Waals surface area contributed by atoms with Crippen molar-refractivity contribution in [2.45, 2.75) is 33.2 Å². The van der Waals surface area contributed by atoms with Gasteiger partial charge >= 0.3 is 5.97 Å². The fourth-order valence-corrected chi connectivity index (χ4v) is 3.44. The molecular weight excluding hydrogens is 364 g/mol. The Hall–Kier alpha value is -2.48. The molecule has 1 saturated heterocycles. The van der Waals surface area contributed by atoms with Gasteiger partial charge in [0.15, 0.2) is 10.6 Å². The van der Waals surface area contributed by atoms with E-state index in [4.69, 9.17) is 17.0 Å². The van der Waals surface area contributed by atoms with E-state index in [-0.39, 0.29) is 24.3 Å². The topological polar surface area (TPSA) is 80.2 Å². The molecule has 0 radical (unpaired) electrons. The van der Waals surface area contributed by atoms with Crippen LogP contribution in [0.25, 0.3) is 11.4 Å². The van der Waals surface area contributed by atoms with Crippen molar-refractivity contribution in [1.82, 2.24) is 19.7 Å². The third kappa shape index (κ3) is 4.44. The zero-order valence-corrected chi connectivity index (χ0v) is 16.4. The Kier molecular flexibility index (Phi) is 6.05. The lowest BCUT2D eigenvalue weighted by atomic mass is 9.97. The summed E-state index contributed by atoms with van der Waals surface area (Å²) in [6.07, 6.45) is 1.26. The van der Waals surface area contributed by atoms with E-state index in [1.54, 1.807) is 16.4 Å². The summed E-state index contributed by atoms with van der Waals surface area (Å²) in [7, 11) is 0. The number of nitrogens with zero attached hydrogens (tertiary/aromatic N) is 3. The van der Waals surface area contributed by atoms with E-state index in [1.165, 1.54) is 0 Å². The van der Waals surface area contributed by atoms with Crippen LogP contribution in [0.3, 0.4) is 0 Å². The minimum absolute atomic E-state index is 0.0248. The molecule has 0 saturated carbocycles. The lowest BCUT2D eigenvalue weighted by Gasteiger charge is -2.31. The molecule has 2 aromatic rings. The number of piperidine rings is 1. The number of aromatic amines is 1. The Morgan fingerprint density at radius 1 is 1.26 bits per heavy atom. The van der Waals surface area contributed by atoms with E-state index in [0.29, 0.717) is 43.1 Å². The SMILES string of the molecule is CCOC(=O)C1CCN(C(=O)Cn2c(-c3ccc(C)cc3)n[nH]c2=S)CC1. The summed E-state index contributed by atoms with van der Waals surface area (Å²) in [6, 6.07) is 7.93. The molecule has 0 aliphatic carbocycles. The number of hydrogen-bond acceptors (Lipinski definition) is 5. The molecule has 144 valence electrons. The third-order valence-corrected chi connectivity index (χ3v) is 5.14. The van der Waals surface area contributed by atoms with E-state index in [0.717, 1.165) is 11.1 Å². The summed E-state index contributed by atoms with van der Waals surface area (Å²) in [6.45, 7) is 5.43. The van der Waals surface area contributed by atoms with Gasteiger partial charge in [0.25, 0.3) is 0 Å². The van der Waals surface area contributed by atoms with Crippen LogP contribution < -0.4 is 0 Å². The first kappa shape index (κ1) is 19.3. The van der Waals surface area contributed by atoms with Gasteiger partial charge in [-0.3, -0.25) is 19.3 Å². The van der Waals surface area contributed by atoms with Crippen molar-refractivity contribution in [3.8, 4) is 11.4 Å². The van der Waals surface area contributed by atoms with Gasteiger partial charge in [0, 0.05) is 18.7 Å². The number of esters is 1. The second-order valence-corrected chi connectivity index (χ2v) is 7.10. The van der Waals surface area contributed by atoms with E-state index in [9.17, 15) is 9.59 Å². The van der Waals surface area contributed by atoms with Crippen molar-refractivity contribution in [2.75, 3.05) is 19.7 Å². The molecular formula is C19H24N4O3S. The Morgan fingerprint density at radius 3 is 2.56 bits per heavy atom. The quantitative estimate of drug-likeness (QED) is 0.629. The van der Waals surface area contributed by atoms with Crippen molar-refractivity contribution in [3.63, 3.8) is 0 Å². The molecule has 1 amide bonds. The number of ether oxygens (including phenoxy) is 1. The van der Waals surface area contributed by atoms with Crippen LogP contribution in [0.5, 0.6) is 0 Å². The highest BCUT2D eigenvalue weighted by molar-refractivity contribution is 7.71. The number of rotatable bonds is 5. The predicted octanol–water partition coefficient (Wildman–Crippen LogP) is 2.72. The van der Waals surface area contributed by atoms with Crippen LogP contribution in [0.1, 0.15) is 25.3 Å². The highest BCUT2D eigenvalue weighted by Crippen LogP contribution is 2.21. The summed E-state index contributed by atoms with van der Waals surface area (Å²) < 4.78 is 7.22. The lowest BCUT2D eigenvalue weighted by Crippen LogP contribution is -2.42. The molecule has 2 heterocycles. The third-order valence-electron chi connectivity index (χ3n) is 4.83. The van der Waals surface area contributed by atoms with Gasteiger partial charge in [0.1, 0.15) is 6.54 Å². The van der Waals surface area contributed by atoms with Gasteiger partial charge in [0.2, 0.25) is 5.91 Å². The van der Waals surface area contributed by atoms with Crippen molar-refractivity contribution in [3.05, 3.63) is 34.6 Å². The largest absolute Gasteiger partial charge is 0.466 e. The summed E-state index contributed by atoms with van der Waals surface area (Å²) in [5.41, 5.74) is 2.06. The number of hydrogen-bond donors (Lipinski definition) is 1. The number of amides is 1. The average Bonchev–Trinajstić information content (AvgIpc) is 3.03. The molecule has 7 nitrogen and oxygen atoms in total. The van der Waals surface area contributed by atoms with Gasteiger partial charge in [-0.25, -0.2) is 0 Å². The molecule has 8 heteroatoms. The van der Waals surface area contributed by atoms with Crippen LogP contribution in [0.15, 0.2) is 24.3 Å². The first-order chi connectivity index (χ1) is 13.0. The van der Waals surface area contributed by atoms with Gasteiger partial charge in [-0.1, -0.05) is 29.8 Å². The fraction of sp³-hybridized carbons (Fsp3) is 0.474. The van der Waals surface area contributed by atoms with E-state index >= 15 is 0 Å². The Balaban J connectivity index is 1.67. The molecule has 3 rings (SSSR count). The molecule has 27 heavy (non-hydrogen) atoms. The first-order valence-corrected chi connectivity index (χ1v) is 9.57. The summed E-state index contributed by atoms with van der Waals surface area (Å²) >= 11 is 5.31. The summed E-state index contributed by atoms with van der Waals surface area (Å²) in [5.74, 6) is 0.342. The number of carbonyl (C=O) groups excluding carboxylic acids is 2. The normalized spacial score (nSPS) is 15.0. The van der Waals surface area contributed by atoms with Crippen molar-refractivity contribution in [1.29, 1.82) is 0 Å². The zero-order chi connectivity index (χ0) is 19.4. The number of aromatic nitrogens is 3. The molecule has 0 unspecified atom stereocenters. The highest BCUT2D eigenvalue weighted by atomic mass is 32.1. The molecule has 1 aliphatic heterocycles. The molecule has 1 N–H and O–H groups in total. The van der Waals surface area contributed by atoms with Gasteiger partial charge in [-0.05, 0) is 38.9 Å². The first-order valence-electron chi connectivity index (χ1n) is 9.16. The summed E-state index contributed by atoms with van der Waals surface area (Å²) in [4.78, 5) is 26.4. The van der Waals surface area contributed by atoms with Crippen molar-refractivity contribution >= 4 is 24.1 Å². The Labute approximate surface area is 163 Å². The molecule has 1 aromatic heterocycles. The number of nitrogens with one attached hydrogen (secondary N) is 1. The van der Waals surface area contributed by atoms with Gasteiger partial charge in [0.05, 0.1) is 12.5 Å². The average molecular weight is 388 g/mol. The van der Waals surface area contributed by atoms with Gasteiger partial charge in [-0.2, -0.15) is 5.10 Å². The Morgan fingerprint density at radius 2 is 1.93 bits per heavy atom. The monoisotopic (exact) mass is 388 g/mol. The standard InChI is InChI=1S/C19H24N4O3S/c1-3-26-18(25)15-8-10-22(11-9-15)16(24)12-23-17(20-21-19(23)27)14-6-4-13(2)5-7-14/h4-7,15H,3,8-12H2,1-2H3,(H,21,27). The van der Waals surface area contributed by atoms with Crippen LogP contribution in [0, 0.1) is 17.6 Å².